The molecule has 1 saturated heterocycles. The van der Waals surface area contributed by atoms with E-state index in [9.17, 15) is 13.6 Å². The Morgan fingerprint density at radius 1 is 1.40 bits per heavy atom. The molecule has 0 spiro atoms. The number of nitrogens with one attached hydrogen (secondary N) is 2. The molecule has 2 heterocycles. The molecule has 1 amide bonds. The zero-order valence-corrected chi connectivity index (χ0v) is 17.6. The molecule has 1 aromatic heterocycles. The van der Waals surface area contributed by atoms with Gasteiger partial charge in [0.1, 0.15) is 19.1 Å². The minimum Gasteiger partial charge on any atom is -0.488 e. The number of imidazole rings is 1. The van der Waals surface area contributed by atoms with Crippen molar-refractivity contribution >= 4 is 18.1 Å². The highest BCUT2D eigenvalue weighted by Crippen LogP contribution is 2.34. The summed E-state index contributed by atoms with van der Waals surface area (Å²) in [4.78, 5) is 15.4. The Bertz CT molecular complexity index is 995. The molecule has 0 bridgehead atoms. The fraction of sp³-hybridized carbons (Fsp3) is 0.364. The van der Waals surface area contributed by atoms with E-state index in [1.165, 1.54) is 6.08 Å². The minimum absolute atomic E-state index is 0.121. The maximum Gasteiger partial charge on any atom is 0.226 e. The number of aromatic amines is 1. The van der Waals surface area contributed by atoms with E-state index in [1.807, 2.05) is 34.9 Å². The van der Waals surface area contributed by atoms with Gasteiger partial charge in [-0.3, -0.25) is 4.79 Å². The highest BCUT2D eigenvalue weighted by molar-refractivity contribution is 7.71. The maximum atomic E-state index is 14.1. The van der Waals surface area contributed by atoms with Crippen LogP contribution in [0.3, 0.4) is 0 Å². The monoisotopic (exact) mass is 433 g/mol. The number of H-pyrrole nitrogens is 1. The Kier molecular flexibility index (Phi) is 7.57. The Morgan fingerprint density at radius 3 is 2.87 bits per heavy atom. The molecule has 1 aromatic carbocycles. The molecule has 8 heteroatoms. The van der Waals surface area contributed by atoms with Gasteiger partial charge in [0, 0.05) is 31.3 Å². The smallest absolute Gasteiger partial charge is 0.226 e. The average Bonchev–Trinajstić information content (AvgIpc) is 3.12. The van der Waals surface area contributed by atoms with Crippen LogP contribution in [-0.4, -0.2) is 28.7 Å². The molecule has 1 aliphatic heterocycles. The van der Waals surface area contributed by atoms with Crippen molar-refractivity contribution in [1.82, 2.24) is 14.9 Å². The predicted octanol–water partition coefficient (Wildman–Crippen LogP) is 4.85. The molecule has 2 aromatic rings. The second-order valence-corrected chi connectivity index (χ2v) is 7.42. The van der Waals surface area contributed by atoms with Crippen LogP contribution in [0.2, 0.25) is 0 Å². The van der Waals surface area contributed by atoms with Gasteiger partial charge in [0.15, 0.2) is 10.5 Å². The number of carbonyl (C=O) groups is 1. The summed E-state index contributed by atoms with van der Waals surface area (Å²) < 4.78 is 35.0. The molecular weight excluding hydrogens is 408 g/mol. The molecule has 1 atom stereocenters. The fourth-order valence-electron chi connectivity index (χ4n) is 3.50. The largest absolute Gasteiger partial charge is 0.488 e. The van der Waals surface area contributed by atoms with Crippen LogP contribution < -0.4 is 5.32 Å². The Balaban J connectivity index is 1.73. The van der Waals surface area contributed by atoms with E-state index in [-0.39, 0.29) is 37.2 Å². The Hall–Kier alpha value is -2.74. The number of carbonyl (C=O) groups excluding carboxylic acids is 1. The molecule has 5 nitrogen and oxygen atoms in total. The van der Waals surface area contributed by atoms with Gasteiger partial charge in [-0.25, -0.2) is 8.78 Å². The number of nitrogens with zero attached hydrogens (tertiary/aromatic N) is 1. The highest BCUT2D eigenvalue weighted by Gasteiger charge is 2.28. The zero-order chi connectivity index (χ0) is 21.5. The van der Waals surface area contributed by atoms with Gasteiger partial charge in [-0.15, -0.1) is 0 Å². The van der Waals surface area contributed by atoms with Crippen LogP contribution in [0.15, 0.2) is 59.8 Å². The summed E-state index contributed by atoms with van der Waals surface area (Å²) in [5, 5.41) is 2.90. The third-order valence-electron chi connectivity index (χ3n) is 4.98. The van der Waals surface area contributed by atoms with Gasteiger partial charge in [-0.2, -0.15) is 0 Å². The maximum absolute atomic E-state index is 14.1. The van der Waals surface area contributed by atoms with E-state index >= 15 is 0 Å². The van der Waals surface area contributed by atoms with Crippen molar-refractivity contribution < 1.29 is 18.3 Å². The van der Waals surface area contributed by atoms with Gasteiger partial charge < -0.3 is 19.6 Å². The van der Waals surface area contributed by atoms with Crippen molar-refractivity contribution in [3.63, 3.8) is 0 Å². The van der Waals surface area contributed by atoms with E-state index in [2.05, 4.69) is 10.3 Å². The van der Waals surface area contributed by atoms with Crippen LogP contribution in [0.1, 0.15) is 37.1 Å². The van der Waals surface area contributed by atoms with Crippen LogP contribution in [0, 0.1) is 4.77 Å². The molecule has 1 unspecified atom stereocenters. The molecule has 1 aliphatic rings. The first kappa shape index (κ1) is 22.0. The molecule has 160 valence electrons. The number of aromatic nitrogens is 2. The van der Waals surface area contributed by atoms with Gasteiger partial charge in [-0.1, -0.05) is 37.3 Å². The number of alkyl halides is 1. The van der Waals surface area contributed by atoms with Gasteiger partial charge in [0.25, 0.3) is 0 Å². The molecule has 3 rings (SSSR count). The van der Waals surface area contributed by atoms with Crippen molar-refractivity contribution in [1.29, 1.82) is 0 Å². The summed E-state index contributed by atoms with van der Waals surface area (Å²) in [6.45, 7) is 1.60. The lowest BCUT2D eigenvalue weighted by Gasteiger charge is -2.29. The third-order valence-corrected chi connectivity index (χ3v) is 5.29. The Morgan fingerprint density at radius 2 is 2.17 bits per heavy atom. The lowest BCUT2D eigenvalue weighted by atomic mass is 10.00. The molecule has 30 heavy (non-hydrogen) atoms. The van der Waals surface area contributed by atoms with E-state index in [0.29, 0.717) is 29.0 Å². The SMILES string of the molecule is CCC(F)=C1OCC(n2c(CC(=O)NCc3ccccc3)c[nH]c2=S)CC1=CCF. The number of rotatable bonds is 7. The number of allylic oxidation sites excluding steroid dienone is 3. The number of ether oxygens (including phenoxy) is 1. The summed E-state index contributed by atoms with van der Waals surface area (Å²) in [5.41, 5.74) is 2.19. The normalized spacial score (nSPS) is 19.4. The van der Waals surface area contributed by atoms with Crippen molar-refractivity contribution in [2.24, 2.45) is 0 Å². The van der Waals surface area contributed by atoms with Gasteiger partial charge in [-0.05, 0) is 29.4 Å². The van der Waals surface area contributed by atoms with E-state index in [0.717, 1.165) is 5.56 Å². The lowest BCUT2D eigenvalue weighted by Crippen LogP contribution is -2.28. The quantitative estimate of drug-likeness (QED) is 0.614. The summed E-state index contributed by atoms with van der Waals surface area (Å²) in [7, 11) is 0. The first-order valence-corrected chi connectivity index (χ1v) is 10.3. The van der Waals surface area contributed by atoms with Gasteiger partial charge >= 0.3 is 0 Å². The molecule has 0 saturated carbocycles. The summed E-state index contributed by atoms with van der Waals surface area (Å²) in [6.07, 6.45) is 3.71. The van der Waals surface area contributed by atoms with E-state index in [1.54, 1.807) is 13.1 Å². The van der Waals surface area contributed by atoms with E-state index < -0.39 is 12.5 Å². The first-order valence-electron chi connectivity index (χ1n) is 9.89. The standard InChI is InChI=1S/C22H25F2N3O2S/c1-2-19(24)21-16(8-9-23)10-18(14-29-21)27-17(13-26-22(27)30)11-20(28)25-12-15-6-4-3-5-7-15/h3-8,13,18H,2,9-12,14H2,1H3,(H,25,28)(H,26,30). The second kappa shape index (κ2) is 10.3. The highest BCUT2D eigenvalue weighted by atomic mass is 32.1. The van der Waals surface area contributed by atoms with Crippen LogP contribution in [0.4, 0.5) is 8.78 Å². The number of halogens is 2. The molecule has 1 fully saturated rings. The average molecular weight is 434 g/mol. The molecular formula is C22H25F2N3O2S. The predicted molar refractivity (Wildman–Crippen MR) is 114 cm³/mol. The van der Waals surface area contributed by atoms with Gasteiger partial charge in [0.05, 0.1) is 12.5 Å². The summed E-state index contributed by atoms with van der Waals surface area (Å²) in [5.74, 6) is -0.419. The van der Waals surface area contributed by atoms with Crippen LogP contribution in [0.5, 0.6) is 0 Å². The van der Waals surface area contributed by atoms with Crippen molar-refractivity contribution in [3.05, 3.63) is 75.8 Å². The van der Waals surface area contributed by atoms with Crippen LogP contribution in [-0.2, 0) is 22.5 Å². The molecule has 0 aliphatic carbocycles. The van der Waals surface area contributed by atoms with Crippen LogP contribution in [0.25, 0.3) is 0 Å². The number of hydrogen-bond acceptors (Lipinski definition) is 3. The van der Waals surface area contributed by atoms with Crippen molar-refractivity contribution in [3.8, 4) is 0 Å². The number of amides is 1. The molecule has 2 N–H and O–H groups in total. The molecule has 0 radical (unpaired) electrons. The first-order chi connectivity index (χ1) is 14.5. The lowest BCUT2D eigenvalue weighted by molar-refractivity contribution is -0.120. The van der Waals surface area contributed by atoms with Crippen molar-refractivity contribution in [2.45, 2.75) is 38.8 Å². The zero-order valence-electron chi connectivity index (χ0n) is 16.8. The second-order valence-electron chi connectivity index (χ2n) is 7.03. The van der Waals surface area contributed by atoms with Crippen molar-refractivity contribution in [2.75, 3.05) is 13.3 Å². The number of hydrogen-bond donors (Lipinski definition) is 2. The van der Waals surface area contributed by atoms with E-state index in [4.69, 9.17) is 17.0 Å². The minimum atomic E-state index is -0.709. The third kappa shape index (κ3) is 5.24. The van der Waals surface area contributed by atoms with Gasteiger partial charge in [0.2, 0.25) is 5.91 Å². The topological polar surface area (TPSA) is 59.0 Å². The Labute approximate surface area is 179 Å². The fourth-order valence-corrected chi connectivity index (χ4v) is 3.83. The van der Waals surface area contributed by atoms with Crippen LogP contribution >= 0.6 is 12.2 Å². The number of benzene rings is 1. The summed E-state index contributed by atoms with van der Waals surface area (Å²) >= 11 is 5.40. The summed E-state index contributed by atoms with van der Waals surface area (Å²) in [6, 6.07) is 9.38.